The molecule has 7 heteroatoms. The Labute approximate surface area is 109 Å². The molecule has 19 heavy (non-hydrogen) atoms. The standard InChI is InChI=1S/C12H14N2O5/c1-8(11(16)14-12(13)17)19-10(15)7-18-9-5-3-2-4-6-9/h2-6,8H,7H2,1H3,(H3,13,14,16,17)/t8-/m1/s1. The van der Waals surface area contributed by atoms with Gasteiger partial charge in [-0.15, -0.1) is 0 Å². The van der Waals surface area contributed by atoms with Crippen LogP contribution in [0.1, 0.15) is 6.92 Å². The van der Waals surface area contributed by atoms with E-state index in [0.29, 0.717) is 5.75 Å². The van der Waals surface area contributed by atoms with Gasteiger partial charge in [0.2, 0.25) is 0 Å². The monoisotopic (exact) mass is 266 g/mol. The molecule has 3 N–H and O–H groups in total. The van der Waals surface area contributed by atoms with Crippen LogP contribution in [0.3, 0.4) is 0 Å². The molecule has 7 nitrogen and oxygen atoms in total. The van der Waals surface area contributed by atoms with Crippen molar-refractivity contribution in [1.29, 1.82) is 0 Å². The molecular formula is C12H14N2O5. The lowest BCUT2D eigenvalue weighted by Gasteiger charge is -2.12. The van der Waals surface area contributed by atoms with Gasteiger partial charge in [-0.3, -0.25) is 10.1 Å². The average molecular weight is 266 g/mol. The topological polar surface area (TPSA) is 108 Å². The number of hydrogen-bond donors (Lipinski definition) is 2. The van der Waals surface area contributed by atoms with Gasteiger partial charge in [0.25, 0.3) is 5.91 Å². The molecule has 0 aromatic heterocycles. The van der Waals surface area contributed by atoms with Crippen molar-refractivity contribution in [3.8, 4) is 5.75 Å². The maximum absolute atomic E-state index is 11.4. The molecule has 0 aliphatic heterocycles. The van der Waals surface area contributed by atoms with Crippen molar-refractivity contribution in [1.82, 2.24) is 5.32 Å². The average Bonchev–Trinajstić information content (AvgIpc) is 2.36. The molecule has 0 heterocycles. The predicted molar refractivity (Wildman–Crippen MR) is 65.2 cm³/mol. The Morgan fingerprint density at radius 3 is 2.47 bits per heavy atom. The van der Waals surface area contributed by atoms with E-state index in [-0.39, 0.29) is 6.61 Å². The summed E-state index contributed by atoms with van der Waals surface area (Å²) in [5.41, 5.74) is 4.76. The van der Waals surface area contributed by atoms with Crippen LogP contribution in [-0.4, -0.2) is 30.6 Å². The van der Waals surface area contributed by atoms with Crippen LogP contribution in [0.2, 0.25) is 0 Å². The van der Waals surface area contributed by atoms with Gasteiger partial charge >= 0.3 is 12.0 Å². The fraction of sp³-hybridized carbons (Fsp3) is 0.250. The number of urea groups is 1. The fourth-order valence-corrected chi connectivity index (χ4v) is 1.17. The first-order valence-electron chi connectivity index (χ1n) is 5.46. The van der Waals surface area contributed by atoms with Gasteiger partial charge in [0, 0.05) is 0 Å². The van der Waals surface area contributed by atoms with Crippen LogP contribution < -0.4 is 15.8 Å². The quantitative estimate of drug-likeness (QED) is 0.740. The second kappa shape index (κ2) is 7.00. The van der Waals surface area contributed by atoms with Gasteiger partial charge in [0.15, 0.2) is 12.7 Å². The number of carbonyl (C=O) groups is 3. The van der Waals surface area contributed by atoms with E-state index in [1.54, 1.807) is 35.6 Å². The van der Waals surface area contributed by atoms with Crippen LogP contribution in [0.25, 0.3) is 0 Å². The summed E-state index contributed by atoms with van der Waals surface area (Å²) in [5.74, 6) is -1.01. The number of rotatable bonds is 5. The Bertz CT molecular complexity index is 460. The lowest BCUT2D eigenvalue weighted by molar-refractivity contribution is -0.156. The zero-order chi connectivity index (χ0) is 14.3. The van der Waals surface area contributed by atoms with E-state index in [0.717, 1.165) is 0 Å². The molecule has 0 radical (unpaired) electrons. The number of carbonyl (C=O) groups excluding carboxylic acids is 3. The Morgan fingerprint density at radius 2 is 1.89 bits per heavy atom. The lowest BCUT2D eigenvalue weighted by atomic mass is 10.3. The molecule has 0 unspecified atom stereocenters. The van der Waals surface area contributed by atoms with Crippen LogP contribution >= 0.6 is 0 Å². The van der Waals surface area contributed by atoms with Gasteiger partial charge in [-0.2, -0.15) is 0 Å². The number of amides is 3. The zero-order valence-electron chi connectivity index (χ0n) is 10.3. The lowest BCUT2D eigenvalue weighted by Crippen LogP contribution is -2.42. The fourth-order valence-electron chi connectivity index (χ4n) is 1.17. The van der Waals surface area contributed by atoms with E-state index in [1.807, 2.05) is 0 Å². The van der Waals surface area contributed by atoms with Gasteiger partial charge in [-0.25, -0.2) is 9.59 Å². The molecule has 0 fully saturated rings. The summed E-state index contributed by atoms with van der Waals surface area (Å²) in [6, 6.07) is 7.66. The van der Waals surface area contributed by atoms with Crippen molar-refractivity contribution in [2.24, 2.45) is 5.73 Å². The van der Waals surface area contributed by atoms with Gasteiger partial charge in [-0.1, -0.05) is 18.2 Å². The van der Waals surface area contributed by atoms with E-state index < -0.39 is 24.0 Å². The predicted octanol–water partition coefficient (Wildman–Crippen LogP) is 0.192. The van der Waals surface area contributed by atoms with Crippen molar-refractivity contribution >= 4 is 17.9 Å². The van der Waals surface area contributed by atoms with Crippen LogP contribution in [0.5, 0.6) is 5.75 Å². The van der Waals surface area contributed by atoms with Gasteiger partial charge in [-0.05, 0) is 19.1 Å². The molecule has 3 amide bonds. The molecule has 1 atom stereocenters. The molecule has 0 bridgehead atoms. The maximum atomic E-state index is 11.4. The summed E-state index contributed by atoms with van der Waals surface area (Å²) < 4.78 is 9.88. The van der Waals surface area contributed by atoms with E-state index >= 15 is 0 Å². The third kappa shape index (κ3) is 5.53. The number of esters is 1. The summed E-state index contributed by atoms with van der Waals surface area (Å²) in [5, 5.41) is 1.80. The number of benzene rings is 1. The van der Waals surface area contributed by atoms with Crippen LogP contribution in [-0.2, 0) is 14.3 Å². The first kappa shape index (κ1) is 14.5. The van der Waals surface area contributed by atoms with Crippen LogP contribution in [0.15, 0.2) is 30.3 Å². The molecule has 0 spiro atoms. The number of nitrogens with one attached hydrogen (secondary N) is 1. The highest BCUT2D eigenvalue weighted by atomic mass is 16.6. The SMILES string of the molecule is C[C@@H](OC(=O)COc1ccccc1)C(=O)NC(N)=O. The molecule has 1 rings (SSSR count). The summed E-state index contributed by atoms with van der Waals surface area (Å²) in [6.07, 6.45) is -1.13. The normalized spacial score (nSPS) is 11.2. The molecule has 1 aromatic carbocycles. The molecule has 0 aliphatic rings. The largest absolute Gasteiger partial charge is 0.482 e. The number of imide groups is 1. The second-order valence-electron chi connectivity index (χ2n) is 3.59. The molecule has 0 saturated heterocycles. The van der Waals surface area contributed by atoms with Crippen molar-refractivity contribution in [2.75, 3.05) is 6.61 Å². The summed E-state index contributed by atoms with van der Waals surface area (Å²) in [4.78, 5) is 33.0. The highest BCUT2D eigenvalue weighted by molar-refractivity contribution is 5.96. The highest BCUT2D eigenvalue weighted by Gasteiger charge is 2.19. The minimum atomic E-state index is -1.13. The first-order valence-corrected chi connectivity index (χ1v) is 5.46. The minimum Gasteiger partial charge on any atom is -0.482 e. The van der Waals surface area contributed by atoms with Crippen LogP contribution in [0, 0.1) is 0 Å². The van der Waals surface area contributed by atoms with Gasteiger partial charge in [0.1, 0.15) is 5.75 Å². The highest BCUT2D eigenvalue weighted by Crippen LogP contribution is 2.08. The third-order valence-electron chi connectivity index (χ3n) is 2.02. The summed E-state index contributed by atoms with van der Waals surface area (Å²) in [6.45, 7) is 0.983. The van der Waals surface area contributed by atoms with Gasteiger partial charge in [0.05, 0.1) is 0 Å². The summed E-state index contributed by atoms with van der Waals surface area (Å²) >= 11 is 0. The van der Waals surface area contributed by atoms with Crippen molar-refractivity contribution < 1.29 is 23.9 Å². The zero-order valence-corrected chi connectivity index (χ0v) is 10.3. The Balaban J connectivity index is 2.35. The third-order valence-corrected chi connectivity index (χ3v) is 2.02. The van der Waals surface area contributed by atoms with E-state index in [2.05, 4.69) is 0 Å². The second-order valence-corrected chi connectivity index (χ2v) is 3.59. The number of primary amides is 1. The van der Waals surface area contributed by atoms with E-state index in [1.165, 1.54) is 6.92 Å². The van der Waals surface area contributed by atoms with Crippen molar-refractivity contribution in [3.63, 3.8) is 0 Å². The van der Waals surface area contributed by atoms with Gasteiger partial charge < -0.3 is 15.2 Å². The molecule has 102 valence electrons. The van der Waals surface area contributed by atoms with Crippen molar-refractivity contribution in [2.45, 2.75) is 13.0 Å². The number of nitrogens with two attached hydrogens (primary N) is 1. The van der Waals surface area contributed by atoms with E-state index in [4.69, 9.17) is 15.2 Å². The molecule has 0 saturated carbocycles. The molecular weight excluding hydrogens is 252 g/mol. The maximum Gasteiger partial charge on any atom is 0.344 e. The minimum absolute atomic E-state index is 0.335. The molecule has 1 aromatic rings. The molecule has 0 aliphatic carbocycles. The van der Waals surface area contributed by atoms with E-state index in [9.17, 15) is 14.4 Å². The van der Waals surface area contributed by atoms with Crippen molar-refractivity contribution in [3.05, 3.63) is 30.3 Å². The Hall–Kier alpha value is -2.57. The number of ether oxygens (including phenoxy) is 2. The Kier molecular flexibility index (Phi) is 5.34. The summed E-state index contributed by atoms with van der Waals surface area (Å²) in [7, 11) is 0. The van der Waals surface area contributed by atoms with Crippen LogP contribution in [0.4, 0.5) is 4.79 Å². The number of para-hydroxylation sites is 1. The smallest absolute Gasteiger partial charge is 0.344 e. The number of hydrogen-bond acceptors (Lipinski definition) is 5. The Morgan fingerprint density at radius 1 is 1.26 bits per heavy atom. The first-order chi connectivity index (χ1) is 8.99.